The number of aromatic amines is 1. The highest BCUT2D eigenvalue weighted by Crippen LogP contribution is 2.25. The van der Waals surface area contributed by atoms with Crippen LogP contribution in [0.3, 0.4) is 0 Å². The van der Waals surface area contributed by atoms with Crippen molar-refractivity contribution in [3.05, 3.63) is 37.3 Å². The maximum absolute atomic E-state index is 11.8. The number of aryl methyl sites for hydroxylation is 1. The van der Waals surface area contributed by atoms with Gasteiger partial charge in [-0.25, -0.2) is 4.98 Å². The predicted octanol–water partition coefficient (Wildman–Crippen LogP) is 3.40. The van der Waals surface area contributed by atoms with Gasteiger partial charge < -0.3 is 4.98 Å². The van der Waals surface area contributed by atoms with Gasteiger partial charge in [0.15, 0.2) is 0 Å². The number of nitrogens with zero attached hydrogens (tertiary/aromatic N) is 1. The van der Waals surface area contributed by atoms with E-state index in [1.807, 2.05) is 6.07 Å². The molecule has 0 amide bonds. The zero-order valence-corrected chi connectivity index (χ0v) is 11.9. The first-order valence-electron chi connectivity index (χ1n) is 4.99. The molecule has 0 aliphatic rings. The van der Waals surface area contributed by atoms with E-state index in [2.05, 4.69) is 48.8 Å². The third kappa shape index (κ3) is 2.20. The molecule has 1 heterocycles. The summed E-state index contributed by atoms with van der Waals surface area (Å²) in [6.07, 6.45) is 1.75. The predicted molar refractivity (Wildman–Crippen MR) is 71.8 cm³/mol. The first-order valence-corrected chi connectivity index (χ1v) is 6.58. The minimum atomic E-state index is -0.0875. The molecule has 0 spiro atoms. The van der Waals surface area contributed by atoms with Crippen molar-refractivity contribution in [2.45, 2.75) is 19.8 Å². The Kier molecular flexibility index (Phi) is 3.44. The third-order valence-electron chi connectivity index (χ3n) is 2.26. The number of hydrogen-bond donors (Lipinski definition) is 1. The maximum atomic E-state index is 11.8. The fourth-order valence-corrected chi connectivity index (χ4v) is 2.88. The number of hydrogen-bond acceptors (Lipinski definition) is 2. The van der Waals surface area contributed by atoms with E-state index in [1.165, 1.54) is 0 Å². The Bertz CT molecular complexity index is 592. The zero-order chi connectivity index (χ0) is 11.7. The molecule has 0 saturated heterocycles. The van der Waals surface area contributed by atoms with Crippen LogP contribution in [-0.4, -0.2) is 9.97 Å². The van der Waals surface area contributed by atoms with E-state index in [4.69, 9.17) is 0 Å². The Morgan fingerprint density at radius 1 is 1.38 bits per heavy atom. The van der Waals surface area contributed by atoms with E-state index >= 15 is 0 Å². The van der Waals surface area contributed by atoms with Crippen LogP contribution in [-0.2, 0) is 6.42 Å². The molecule has 2 rings (SSSR count). The summed E-state index contributed by atoms with van der Waals surface area (Å²) < 4.78 is 1.70. The van der Waals surface area contributed by atoms with Gasteiger partial charge >= 0.3 is 0 Å². The molecule has 0 fully saturated rings. The Morgan fingerprint density at radius 3 is 2.81 bits per heavy atom. The molecule has 0 radical (unpaired) electrons. The number of halogens is 2. The lowest BCUT2D eigenvalue weighted by molar-refractivity contribution is 0.836. The highest BCUT2D eigenvalue weighted by atomic mass is 79.9. The Hall–Kier alpha value is -0.680. The molecule has 16 heavy (non-hydrogen) atoms. The van der Waals surface area contributed by atoms with E-state index in [-0.39, 0.29) is 5.56 Å². The molecule has 1 aromatic heterocycles. The summed E-state index contributed by atoms with van der Waals surface area (Å²) in [4.78, 5) is 19.1. The smallest absolute Gasteiger partial charge is 0.258 e. The molecule has 84 valence electrons. The van der Waals surface area contributed by atoms with Crippen molar-refractivity contribution in [1.82, 2.24) is 9.97 Å². The molecule has 0 unspecified atom stereocenters. The highest BCUT2D eigenvalue weighted by Gasteiger charge is 2.07. The van der Waals surface area contributed by atoms with Crippen molar-refractivity contribution < 1.29 is 0 Å². The number of benzene rings is 1. The van der Waals surface area contributed by atoms with Gasteiger partial charge in [0.1, 0.15) is 5.82 Å². The molecular weight excluding hydrogens is 336 g/mol. The molecule has 0 bridgehead atoms. The summed E-state index contributed by atoms with van der Waals surface area (Å²) in [6, 6.07) is 3.67. The topological polar surface area (TPSA) is 45.8 Å². The van der Waals surface area contributed by atoms with Crippen molar-refractivity contribution in [3.63, 3.8) is 0 Å². The summed E-state index contributed by atoms with van der Waals surface area (Å²) >= 11 is 6.78. The molecule has 1 N–H and O–H groups in total. The average molecular weight is 346 g/mol. The van der Waals surface area contributed by atoms with Gasteiger partial charge in [-0.1, -0.05) is 22.9 Å². The third-order valence-corrected chi connectivity index (χ3v) is 3.33. The molecule has 5 heteroatoms. The molecule has 2 aromatic rings. The van der Waals surface area contributed by atoms with Crippen LogP contribution in [0.15, 0.2) is 25.9 Å². The standard InChI is InChI=1S/C11H10Br2N2O/c1-2-3-9-14-10-7(11(16)15-9)4-6(12)5-8(10)13/h4-5H,2-3H2,1H3,(H,14,15,16). The van der Waals surface area contributed by atoms with Crippen LogP contribution in [0.5, 0.6) is 0 Å². The van der Waals surface area contributed by atoms with Crippen molar-refractivity contribution in [3.8, 4) is 0 Å². The highest BCUT2D eigenvalue weighted by molar-refractivity contribution is 9.11. The van der Waals surface area contributed by atoms with E-state index < -0.39 is 0 Å². The second-order valence-corrected chi connectivity index (χ2v) is 5.32. The molecule has 0 aliphatic carbocycles. The van der Waals surface area contributed by atoms with E-state index in [0.29, 0.717) is 5.39 Å². The minimum absolute atomic E-state index is 0.0875. The van der Waals surface area contributed by atoms with Crippen LogP contribution < -0.4 is 5.56 Å². The van der Waals surface area contributed by atoms with Crippen LogP contribution in [0, 0.1) is 0 Å². The zero-order valence-electron chi connectivity index (χ0n) is 8.68. The molecule has 0 aliphatic heterocycles. The van der Waals surface area contributed by atoms with Crippen molar-refractivity contribution in [2.75, 3.05) is 0 Å². The van der Waals surface area contributed by atoms with Gasteiger partial charge in [-0.15, -0.1) is 0 Å². The van der Waals surface area contributed by atoms with Crippen LogP contribution in [0.4, 0.5) is 0 Å². The summed E-state index contributed by atoms with van der Waals surface area (Å²) in [7, 11) is 0. The van der Waals surface area contributed by atoms with Crippen molar-refractivity contribution in [2.24, 2.45) is 0 Å². The van der Waals surface area contributed by atoms with E-state index in [0.717, 1.165) is 33.1 Å². The fraction of sp³-hybridized carbons (Fsp3) is 0.273. The lowest BCUT2D eigenvalue weighted by Crippen LogP contribution is -2.12. The molecule has 0 atom stereocenters. The average Bonchev–Trinajstić information content (AvgIpc) is 2.20. The summed E-state index contributed by atoms with van der Waals surface area (Å²) in [6.45, 7) is 2.06. The second kappa shape index (κ2) is 4.67. The molecule has 0 saturated carbocycles. The first kappa shape index (κ1) is 11.8. The van der Waals surface area contributed by atoms with Gasteiger partial charge in [-0.2, -0.15) is 0 Å². The monoisotopic (exact) mass is 344 g/mol. The number of fused-ring (bicyclic) bond motifs is 1. The Labute approximate surface area is 110 Å². The lowest BCUT2D eigenvalue weighted by atomic mass is 10.2. The van der Waals surface area contributed by atoms with Crippen LogP contribution in [0.25, 0.3) is 10.9 Å². The molecular formula is C11H10Br2N2O. The summed E-state index contributed by atoms with van der Waals surface area (Å²) in [5, 5.41) is 0.598. The minimum Gasteiger partial charge on any atom is -0.310 e. The molecule has 3 nitrogen and oxygen atoms in total. The number of aromatic nitrogens is 2. The Morgan fingerprint density at radius 2 is 2.12 bits per heavy atom. The van der Waals surface area contributed by atoms with Crippen LogP contribution in [0.1, 0.15) is 19.2 Å². The van der Waals surface area contributed by atoms with Gasteiger partial charge in [0.2, 0.25) is 0 Å². The van der Waals surface area contributed by atoms with E-state index in [9.17, 15) is 4.79 Å². The molecule has 1 aromatic carbocycles. The van der Waals surface area contributed by atoms with Crippen molar-refractivity contribution >= 4 is 42.8 Å². The maximum Gasteiger partial charge on any atom is 0.258 e. The second-order valence-electron chi connectivity index (χ2n) is 3.55. The SMILES string of the molecule is CCCc1nc2c(Br)cc(Br)cc2c(=O)[nH]1. The van der Waals surface area contributed by atoms with Crippen LogP contribution >= 0.6 is 31.9 Å². The van der Waals surface area contributed by atoms with Crippen molar-refractivity contribution in [1.29, 1.82) is 0 Å². The van der Waals surface area contributed by atoms with Crippen LogP contribution in [0.2, 0.25) is 0 Å². The largest absolute Gasteiger partial charge is 0.310 e. The number of H-pyrrole nitrogens is 1. The Balaban J connectivity index is 2.77. The number of rotatable bonds is 2. The van der Waals surface area contributed by atoms with Gasteiger partial charge in [-0.05, 0) is 34.5 Å². The summed E-state index contributed by atoms with van der Waals surface area (Å²) in [5.41, 5.74) is 0.630. The van der Waals surface area contributed by atoms with E-state index in [1.54, 1.807) is 6.07 Å². The van der Waals surface area contributed by atoms with Gasteiger partial charge in [0.25, 0.3) is 5.56 Å². The normalized spacial score (nSPS) is 10.9. The van der Waals surface area contributed by atoms with Gasteiger partial charge in [0, 0.05) is 15.4 Å². The number of nitrogens with one attached hydrogen (secondary N) is 1. The van der Waals surface area contributed by atoms with Gasteiger partial charge in [-0.3, -0.25) is 4.79 Å². The summed E-state index contributed by atoms with van der Waals surface area (Å²) in [5.74, 6) is 0.739. The quantitative estimate of drug-likeness (QED) is 0.906. The first-order chi connectivity index (χ1) is 7.61. The lowest BCUT2D eigenvalue weighted by Gasteiger charge is -2.04. The van der Waals surface area contributed by atoms with Gasteiger partial charge in [0.05, 0.1) is 10.9 Å². The fourth-order valence-electron chi connectivity index (χ4n) is 1.57.